The topological polar surface area (TPSA) is 107 Å². The van der Waals surface area contributed by atoms with Crippen LogP contribution in [-0.2, 0) is 19.6 Å². The quantitative estimate of drug-likeness (QED) is 0.677. The van der Waals surface area contributed by atoms with E-state index in [0.29, 0.717) is 18.8 Å². The molecule has 0 spiro atoms. The summed E-state index contributed by atoms with van der Waals surface area (Å²) in [6.45, 7) is 5.65. The predicted octanol–water partition coefficient (Wildman–Crippen LogP) is 0.527. The number of sulfonamides is 1. The number of carbonyl (C=O) groups excluding carboxylic acids is 2. The van der Waals surface area contributed by atoms with Gasteiger partial charge in [-0.2, -0.15) is 4.31 Å². The molecule has 1 amide bonds. The lowest BCUT2D eigenvalue weighted by Gasteiger charge is -2.19. The van der Waals surface area contributed by atoms with Crippen LogP contribution in [0.5, 0.6) is 0 Å². The van der Waals surface area contributed by atoms with Crippen LogP contribution in [0.25, 0.3) is 0 Å². The van der Waals surface area contributed by atoms with E-state index in [1.165, 1.54) is 23.4 Å². The Bertz CT molecular complexity index is 687. The average Bonchev–Trinajstić information content (AvgIpc) is 2.53. The Hall–Kier alpha value is -1.58. The van der Waals surface area contributed by atoms with Crippen LogP contribution in [0.1, 0.15) is 20.8 Å². The van der Waals surface area contributed by atoms with Crippen molar-refractivity contribution in [2.24, 2.45) is 0 Å². The van der Waals surface area contributed by atoms with Gasteiger partial charge in [0.2, 0.25) is 15.9 Å². The standard InChI is InChI=1S/C15H22N2O5S2/c1-4-17(5-2)24(21,22)13-8-6-7-12(9-13)16-14(18)10-23-11(3)15(19)20/h6-9,11H,4-5,10H2,1-3H3,(H,16,18)(H,19,20)/p-1/t11-/m1/s1. The number of carboxylic acids is 1. The fourth-order valence-electron chi connectivity index (χ4n) is 1.91. The van der Waals surface area contributed by atoms with Crippen molar-refractivity contribution in [3.8, 4) is 0 Å². The van der Waals surface area contributed by atoms with Crippen LogP contribution in [0.4, 0.5) is 5.69 Å². The number of benzene rings is 1. The number of amides is 1. The van der Waals surface area contributed by atoms with Crippen LogP contribution in [0.15, 0.2) is 29.2 Å². The molecule has 24 heavy (non-hydrogen) atoms. The zero-order chi connectivity index (χ0) is 18.3. The molecule has 0 unspecified atom stereocenters. The highest BCUT2D eigenvalue weighted by Gasteiger charge is 2.21. The van der Waals surface area contributed by atoms with Crippen LogP contribution < -0.4 is 10.4 Å². The molecule has 0 heterocycles. The maximum Gasteiger partial charge on any atom is 0.243 e. The lowest BCUT2D eigenvalue weighted by Crippen LogP contribution is -2.32. The zero-order valence-corrected chi connectivity index (χ0v) is 15.4. The number of anilines is 1. The third kappa shape index (κ3) is 5.50. The maximum atomic E-state index is 12.5. The highest BCUT2D eigenvalue weighted by atomic mass is 32.2. The summed E-state index contributed by atoms with van der Waals surface area (Å²) in [4.78, 5) is 22.5. The summed E-state index contributed by atoms with van der Waals surface area (Å²) >= 11 is 0.933. The molecule has 9 heteroatoms. The number of thioether (sulfide) groups is 1. The summed E-state index contributed by atoms with van der Waals surface area (Å²) in [5.74, 6) is -1.71. The monoisotopic (exact) mass is 373 g/mol. The number of rotatable bonds is 9. The van der Waals surface area contributed by atoms with Gasteiger partial charge in [0.05, 0.1) is 16.6 Å². The third-order valence-corrected chi connectivity index (χ3v) is 6.42. The molecule has 1 N–H and O–H groups in total. The maximum absolute atomic E-state index is 12.5. The van der Waals surface area contributed by atoms with Crippen LogP contribution in [0, 0.1) is 0 Å². The highest BCUT2D eigenvalue weighted by molar-refractivity contribution is 8.01. The van der Waals surface area contributed by atoms with Crippen molar-refractivity contribution < 1.29 is 23.1 Å². The molecule has 1 aromatic rings. The SMILES string of the molecule is CCN(CC)S(=O)(=O)c1cccc(NC(=O)CS[C@H](C)C(=O)[O-])c1. The van der Waals surface area contributed by atoms with Gasteiger partial charge in [-0.15, -0.1) is 11.8 Å². The number of carboxylic acid groups (broad SMARTS) is 1. The third-order valence-electron chi connectivity index (χ3n) is 3.26. The first-order valence-electron chi connectivity index (χ1n) is 7.44. The molecule has 1 atom stereocenters. The van der Waals surface area contributed by atoms with Crippen LogP contribution in [0.2, 0.25) is 0 Å². The summed E-state index contributed by atoms with van der Waals surface area (Å²) in [5.41, 5.74) is 0.343. The van der Waals surface area contributed by atoms with Gasteiger partial charge in [-0.1, -0.05) is 19.9 Å². The average molecular weight is 373 g/mol. The molecule has 1 rings (SSSR count). The zero-order valence-electron chi connectivity index (χ0n) is 13.8. The Morgan fingerprint density at radius 2 is 1.92 bits per heavy atom. The molecule has 0 fully saturated rings. The molecule has 0 aliphatic heterocycles. The van der Waals surface area contributed by atoms with Crippen molar-refractivity contribution >= 4 is 39.3 Å². The second-order valence-electron chi connectivity index (χ2n) is 4.94. The number of nitrogens with zero attached hydrogens (tertiary/aromatic N) is 1. The van der Waals surface area contributed by atoms with Gasteiger partial charge in [0.1, 0.15) is 0 Å². The largest absolute Gasteiger partial charge is 0.549 e. The van der Waals surface area contributed by atoms with Gasteiger partial charge in [0.25, 0.3) is 0 Å². The van der Waals surface area contributed by atoms with Crippen molar-refractivity contribution in [2.45, 2.75) is 30.9 Å². The summed E-state index contributed by atoms with van der Waals surface area (Å²) in [6, 6.07) is 5.98. The Balaban J connectivity index is 2.82. The van der Waals surface area contributed by atoms with E-state index >= 15 is 0 Å². The first kappa shape index (κ1) is 20.5. The van der Waals surface area contributed by atoms with E-state index < -0.39 is 27.1 Å². The van der Waals surface area contributed by atoms with Crippen molar-refractivity contribution in [2.75, 3.05) is 24.2 Å². The van der Waals surface area contributed by atoms with Crippen molar-refractivity contribution in [3.63, 3.8) is 0 Å². The lowest BCUT2D eigenvalue weighted by atomic mass is 10.3. The van der Waals surface area contributed by atoms with Crippen molar-refractivity contribution in [1.82, 2.24) is 4.31 Å². The minimum absolute atomic E-state index is 0.0673. The molecule has 0 saturated carbocycles. The van der Waals surface area contributed by atoms with E-state index in [4.69, 9.17) is 0 Å². The highest BCUT2D eigenvalue weighted by Crippen LogP contribution is 2.20. The van der Waals surface area contributed by atoms with Gasteiger partial charge in [0.15, 0.2) is 0 Å². The molecule has 0 aliphatic carbocycles. The molecular weight excluding hydrogens is 352 g/mol. The van der Waals surface area contributed by atoms with Crippen LogP contribution >= 0.6 is 11.8 Å². The normalized spacial score (nSPS) is 12.8. The molecule has 0 saturated heterocycles. The molecule has 0 bridgehead atoms. The Morgan fingerprint density at radius 1 is 1.29 bits per heavy atom. The minimum Gasteiger partial charge on any atom is -0.549 e. The van der Waals surface area contributed by atoms with Crippen LogP contribution in [-0.4, -0.2) is 48.7 Å². The smallest absolute Gasteiger partial charge is 0.243 e. The molecule has 0 aliphatic rings. The number of hydrogen-bond donors (Lipinski definition) is 1. The van der Waals surface area contributed by atoms with Gasteiger partial charge in [-0.3, -0.25) is 4.79 Å². The van der Waals surface area contributed by atoms with Gasteiger partial charge < -0.3 is 15.2 Å². The van der Waals surface area contributed by atoms with Gasteiger partial charge in [-0.05, 0) is 25.1 Å². The minimum atomic E-state index is -3.61. The van der Waals surface area contributed by atoms with E-state index in [2.05, 4.69) is 5.32 Å². The van der Waals surface area contributed by atoms with E-state index in [9.17, 15) is 23.1 Å². The summed E-state index contributed by atoms with van der Waals surface area (Å²) < 4.78 is 26.2. The van der Waals surface area contributed by atoms with Gasteiger partial charge >= 0.3 is 0 Å². The lowest BCUT2D eigenvalue weighted by molar-refractivity contribution is -0.304. The van der Waals surface area contributed by atoms with E-state index in [1.807, 2.05) is 0 Å². The molecule has 7 nitrogen and oxygen atoms in total. The molecule has 134 valence electrons. The second kappa shape index (κ2) is 9.05. The fourth-order valence-corrected chi connectivity index (χ4v) is 4.03. The molecular formula is C15H21N2O5S2-. The van der Waals surface area contributed by atoms with Gasteiger partial charge in [0, 0.05) is 24.0 Å². The fraction of sp³-hybridized carbons (Fsp3) is 0.467. The molecule has 1 aromatic carbocycles. The Labute approximate surface area is 146 Å². The Morgan fingerprint density at radius 3 is 2.46 bits per heavy atom. The number of aliphatic carboxylic acids is 1. The van der Waals surface area contributed by atoms with Crippen molar-refractivity contribution in [3.05, 3.63) is 24.3 Å². The summed E-state index contributed by atoms with van der Waals surface area (Å²) in [5, 5.41) is 12.4. The van der Waals surface area contributed by atoms with Crippen LogP contribution in [0.3, 0.4) is 0 Å². The first-order chi connectivity index (χ1) is 11.2. The summed E-state index contributed by atoms with van der Waals surface area (Å²) in [7, 11) is -3.61. The van der Waals surface area contributed by atoms with E-state index in [-0.39, 0.29) is 10.6 Å². The van der Waals surface area contributed by atoms with E-state index in [0.717, 1.165) is 11.8 Å². The van der Waals surface area contributed by atoms with Crippen molar-refractivity contribution in [1.29, 1.82) is 0 Å². The van der Waals surface area contributed by atoms with Gasteiger partial charge in [-0.25, -0.2) is 8.42 Å². The first-order valence-corrected chi connectivity index (χ1v) is 9.93. The summed E-state index contributed by atoms with van der Waals surface area (Å²) in [6.07, 6.45) is 0. The molecule has 0 radical (unpaired) electrons. The number of carbonyl (C=O) groups is 2. The van der Waals surface area contributed by atoms with E-state index in [1.54, 1.807) is 26.0 Å². The number of nitrogens with one attached hydrogen (secondary N) is 1. The number of hydrogen-bond acceptors (Lipinski definition) is 6. The Kier molecular flexibility index (Phi) is 7.71. The second-order valence-corrected chi connectivity index (χ2v) is 8.20. The predicted molar refractivity (Wildman–Crippen MR) is 92.1 cm³/mol. The molecule has 0 aromatic heterocycles.